The SMILES string of the molecule is COCCN(C(=O)c1cc(Br)ccc1Cl)C1CC1. The molecule has 0 bridgehead atoms. The summed E-state index contributed by atoms with van der Waals surface area (Å²) in [5.41, 5.74) is 0.550. The minimum Gasteiger partial charge on any atom is -0.383 e. The molecule has 0 atom stereocenters. The summed E-state index contributed by atoms with van der Waals surface area (Å²) in [7, 11) is 1.64. The first kappa shape index (κ1) is 13.8. The van der Waals surface area contributed by atoms with Crippen molar-refractivity contribution in [3.05, 3.63) is 33.3 Å². The average molecular weight is 333 g/mol. The molecule has 1 aromatic rings. The van der Waals surface area contributed by atoms with Gasteiger partial charge >= 0.3 is 0 Å². The van der Waals surface area contributed by atoms with Gasteiger partial charge in [-0.15, -0.1) is 0 Å². The molecule has 0 aliphatic heterocycles. The molecule has 2 rings (SSSR count). The van der Waals surface area contributed by atoms with Crippen molar-refractivity contribution in [2.45, 2.75) is 18.9 Å². The lowest BCUT2D eigenvalue weighted by Crippen LogP contribution is -2.36. The molecule has 0 heterocycles. The van der Waals surface area contributed by atoms with E-state index in [2.05, 4.69) is 15.9 Å². The Hall–Kier alpha value is -0.580. The Labute approximate surface area is 120 Å². The maximum absolute atomic E-state index is 12.5. The van der Waals surface area contributed by atoms with Gasteiger partial charge in [0.25, 0.3) is 5.91 Å². The largest absolute Gasteiger partial charge is 0.383 e. The van der Waals surface area contributed by atoms with Gasteiger partial charge in [-0.3, -0.25) is 4.79 Å². The van der Waals surface area contributed by atoms with Crippen LogP contribution >= 0.6 is 27.5 Å². The molecule has 1 amide bonds. The smallest absolute Gasteiger partial charge is 0.255 e. The summed E-state index contributed by atoms with van der Waals surface area (Å²) in [6.07, 6.45) is 2.14. The van der Waals surface area contributed by atoms with Crippen molar-refractivity contribution in [3.8, 4) is 0 Å². The zero-order valence-corrected chi connectivity index (χ0v) is 12.5. The summed E-state index contributed by atoms with van der Waals surface area (Å²) in [6, 6.07) is 5.69. The van der Waals surface area contributed by atoms with E-state index >= 15 is 0 Å². The molecule has 1 fully saturated rings. The molecule has 1 saturated carbocycles. The number of hydrogen-bond donors (Lipinski definition) is 0. The topological polar surface area (TPSA) is 29.5 Å². The quantitative estimate of drug-likeness (QED) is 0.827. The second-order valence-corrected chi connectivity index (χ2v) is 5.67. The maximum atomic E-state index is 12.5. The van der Waals surface area contributed by atoms with Crippen LogP contribution in [0.4, 0.5) is 0 Å². The van der Waals surface area contributed by atoms with Gasteiger partial charge in [-0.05, 0) is 31.0 Å². The molecule has 98 valence electrons. The second-order valence-electron chi connectivity index (χ2n) is 4.35. The second kappa shape index (κ2) is 6.04. The van der Waals surface area contributed by atoms with E-state index in [-0.39, 0.29) is 5.91 Å². The van der Waals surface area contributed by atoms with Gasteiger partial charge in [-0.25, -0.2) is 0 Å². The van der Waals surface area contributed by atoms with E-state index in [4.69, 9.17) is 16.3 Å². The lowest BCUT2D eigenvalue weighted by atomic mass is 10.2. The minimum absolute atomic E-state index is 0.0131. The van der Waals surface area contributed by atoms with Gasteiger partial charge < -0.3 is 9.64 Å². The van der Waals surface area contributed by atoms with Gasteiger partial charge in [0.05, 0.1) is 17.2 Å². The number of carbonyl (C=O) groups excluding carboxylic acids is 1. The molecule has 1 aliphatic rings. The van der Waals surface area contributed by atoms with Gasteiger partial charge in [-0.2, -0.15) is 0 Å². The molecule has 0 spiro atoms. The fourth-order valence-electron chi connectivity index (χ4n) is 1.84. The highest BCUT2D eigenvalue weighted by molar-refractivity contribution is 9.10. The number of ether oxygens (including phenoxy) is 1. The van der Waals surface area contributed by atoms with Gasteiger partial charge in [0.1, 0.15) is 0 Å². The fourth-order valence-corrected chi connectivity index (χ4v) is 2.40. The first-order chi connectivity index (χ1) is 8.63. The number of carbonyl (C=O) groups is 1. The molecule has 0 radical (unpaired) electrons. The fraction of sp³-hybridized carbons (Fsp3) is 0.462. The van der Waals surface area contributed by atoms with Crippen molar-refractivity contribution >= 4 is 33.4 Å². The number of hydrogen-bond acceptors (Lipinski definition) is 2. The third kappa shape index (κ3) is 3.25. The van der Waals surface area contributed by atoms with Crippen LogP contribution in [-0.4, -0.2) is 37.1 Å². The van der Waals surface area contributed by atoms with Crippen LogP contribution in [0.5, 0.6) is 0 Å². The number of nitrogens with zero attached hydrogens (tertiary/aromatic N) is 1. The molecule has 18 heavy (non-hydrogen) atoms. The molecule has 3 nitrogen and oxygen atoms in total. The van der Waals surface area contributed by atoms with Crippen molar-refractivity contribution in [3.63, 3.8) is 0 Å². The van der Waals surface area contributed by atoms with Crippen LogP contribution in [0.3, 0.4) is 0 Å². The van der Waals surface area contributed by atoms with E-state index < -0.39 is 0 Å². The van der Waals surface area contributed by atoms with Crippen LogP contribution in [0.25, 0.3) is 0 Å². The highest BCUT2D eigenvalue weighted by Crippen LogP contribution is 2.30. The Kier molecular flexibility index (Phi) is 4.65. The third-order valence-electron chi connectivity index (χ3n) is 2.94. The molecule has 0 N–H and O–H groups in total. The summed E-state index contributed by atoms with van der Waals surface area (Å²) in [5.74, 6) is -0.0131. The van der Waals surface area contributed by atoms with E-state index in [1.165, 1.54) is 0 Å². The van der Waals surface area contributed by atoms with Crippen molar-refractivity contribution < 1.29 is 9.53 Å². The molecule has 1 aromatic carbocycles. The highest BCUT2D eigenvalue weighted by Gasteiger charge is 2.33. The first-order valence-electron chi connectivity index (χ1n) is 5.88. The van der Waals surface area contributed by atoms with Gasteiger partial charge in [-0.1, -0.05) is 27.5 Å². The average Bonchev–Trinajstić information content (AvgIpc) is 3.17. The van der Waals surface area contributed by atoms with Crippen molar-refractivity contribution in [2.75, 3.05) is 20.3 Å². The normalized spacial score (nSPS) is 14.6. The van der Waals surface area contributed by atoms with Crippen LogP contribution in [-0.2, 0) is 4.74 Å². The van der Waals surface area contributed by atoms with Gasteiger partial charge in [0.2, 0.25) is 0 Å². The van der Waals surface area contributed by atoms with Gasteiger partial charge in [0.15, 0.2) is 0 Å². The third-order valence-corrected chi connectivity index (χ3v) is 3.77. The Morgan fingerprint density at radius 2 is 2.28 bits per heavy atom. The molecule has 0 aromatic heterocycles. The maximum Gasteiger partial charge on any atom is 0.255 e. The van der Waals surface area contributed by atoms with Crippen LogP contribution in [0.1, 0.15) is 23.2 Å². The lowest BCUT2D eigenvalue weighted by Gasteiger charge is -2.22. The number of halogens is 2. The van der Waals surface area contributed by atoms with E-state index in [1.54, 1.807) is 19.2 Å². The molecule has 0 unspecified atom stereocenters. The van der Waals surface area contributed by atoms with E-state index in [0.29, 0.717) is 29.8 Å². The first-order valence-corrected chi connectivity index (χ1v) is 7.05. The van der Waals surface area contributed by atoms with Crippen molar-refractivity contribution in [1.82, 2.24) is 4.90 Å². The van der Waals surface area contributed by atoms with Crippen LogP contribution in [0.15, 0.2) is 22.7 Å². The number of amides is 1. The Morgan fingerprint density at radius 1 is 1.56 bits per heavy atom. The van der Waals surface area contributed by atoms with Crippen LogP contribution in [0.2, 0.25) is 5.02 Å². The summed E-state index contributed by atoms with van der Waals surface area (Å²) in [5, 5.41) is 0.492. The molecular formula is C13H15BrClNO2. The van der Waals surface area contributed by atoms with Crippen LogP contribution in [0, 0.1) is 0 Å². The Morgan fingerprint density at radius 3 is 2.89 bits per heavy atom. The van der Waals surface area contributed by atoms with E-state index in [0.717, 1.165) is 17.3 Å². The molecule has 5 heteroatoms. The highest BCUT2D eigenvalue weighted by atomic mass is 79.9. The molecular weight excluding hydrogens is 318 g/mol. The Bertz CT molecular complexity index is 449. The van der Waals surface area contributed by atoms with Crippen molar-refractivity contribution in [1.29, 1.82) is 0 Å². The predicted octanol–water partition coefficient (Wildman–Crippen LogP) is 3.35. The lowest BCUT2D eigenvalue weighted by molar-refractivity contribution is 0.0680. The predicted molar refractivity (Wildman–Crippen MR) is 75.1 cm³/mol. The number of benzene rings is 1. The van der Waals surface area contributed by atoms with Gasteiger partial charge in [0, 0.05) is 24.2 Å². The monoisotopic (exact) mass is 331 g/mol. The standard InChI is InChI=1S/C13H15BrClNO2/c1-18-7-6-16(10-3-4-10)13(17)11-8-9(14)2-5-12(11)15/h2,5,8,10H,3-4,6-7H2,1H3. The molecule has 0 saturated heterocycles. The molecule has 1 aliphatic carbocycles. The summed E-state index contributed by atoms with van der Waals surface area (Å²) < 4.78 is 5.91. The minimum atomic E-state index is -0.0131. The van der Waals surface area contributed by atoms with Crippen molar-refractivity contribution in [2.24, 2.45) is 0 Å². The zero-order chi connectivity index (χ0) is 13.1. The summed E-state index contributed by atoms with van der Waals surface area (Å²) >= 11 is 9.46. The summed E-state index contributed by atoms with van der Waals surface area (Å²) in [6.45, 7) is 1.16. The van der Waals surface area contributed by atoms with E-state index in [9.17, 15) is 4.79 Å². The number of rotatable bonds is 5. The summed E-state index contributed by atoms with van der Waals surface area (Å²) in [4.78, 5) is 14.3. The zero-order valence-electron chi connectivity index (χ0n) is 10.2. The van der Waals surface area contributed by atoms with Crippen LogP contribution < -0.4 is 0 Å². The Balaban J connectivity index is 2.19. The van der Waals surface area contributed by atoms with E-state index in [1.807, 2.05) is 11.0 Å². The number of methoxy groups -OCH3 is 1.